The van der Waals surface area contributed by atoms with Gasteiger partial charge >= 0.3 is 12.2 Å². The number of carboxylic acid groups (broad SMARTS) is 1. The van der Waals surface area contributed by atoms with Crippen molar-refractivity contribution in [3.8, 4) is 0 Å². The van der Waals surface area contributed by atoms with Crippen molar-refractivity contribution < 1.29 is 29.4 Å². The molecule has 0 spiro atoms. The summed E-state index contributed by atoms with van der Waals surface area (Å²) < 4.78 is 5.17. The Morgan fingerprint density at radius 1 is 1.14 bits per heavy atom. The first-order valence-electron chi connectivity index (χ1n) is 9.64. The van der Waals surface area contributed by atoms with E-state index < -0.39 is 24.3 Å². The van der Waals surface area contributed by atoms with Gasteiger partial charge in [-0.2, -0.15) is 0 Å². The average Bonchev–Trinajstić information content (AvgIpc) is 3.06. The van der Waals surface area contributed by atoms with Gasteiger partial charge in [0.15, 0.2) is 0 Å². The lowest BCUT2D eigenvalue weighted by Crippen LogP contribution is -2.58. The van der Waals surface area contributed by atoms with E-state index in [-0.39, 0.29) is 24.6 Å². The van der Waals surface area contributed by atoms with E-state index in [4.69, 9.17) is 15.1 Å². The highest BCUT2D eigenvalue weighted by atomic mass is 16.5. The highest BCUT2D eigenvalue weighted by Gasteiger charge is 2.42. The number of hydrogen-bond acceptors (Lipinski definition) is 6. The second-order valence-electron chi connectivity index (χ2n) is 7.34. The van der Waals surface area contributed by atoms with Crippen LogP contribution in [-0.4, -0.2) is 64.0 Å². The van der Waals surface area contributed by atoms with Gasteiger partial charge in [-0.3, -0.25) is 4.79 Å². The van der Waals surface area contributed by atoms with Gasteiger partial charge in [0.2, 0.25) is 5.91 Å². The minimum atomic E-state index is -1.18. The molecule has 2 fully saturated rings. The third-order valence-corrected chi connectivity index (χ3v) is 5.45. The van der Waals surface area contributed by atoms with Crippen molar-refractivity contribution in [2.75, 3.05) is 6.54 Å². The van der Waals surface area contributed by atoms with Crippen molar-refractivity contribution in [1.29, 1.82) is 0 Å². The molecule has 1 aliphatic carbocycles. The summed E-state index contributed by atoms with van der Waals surface area (Å²) in [5, 5.41) is 23.3. The first kappa shape index (κ1) is 20.9. The summed E-state index contributed by atoms with van der Waals surface area (Å²) >= 11 is 0. The van der Waals surface area contributed by atoms with E-state index in [1.807, 2.05) is 30.3 Å². The number of benzene rings is 1. The van der Waals surface area contributed by atoms with Crippen molar-refractivity contribution in [2.24, 2.45) is 0 Å². The van der Waals surface area contributed by atoms with Crippen LogP contribution in [0.5, 0.6) is 0 Å². The topological polar surface area (TPSA) is 140 Å². The van der Waals surface area contributed by atoms with Crippen LogP contribution in [0.25, 0.3) is 0 Å². The minimum Gasteiger partial charge on any atom is -0.465 e. The predicted molar refractivity (Wildman–Crippen MR) is 101 cm³/mol. The van der Waals surface area contributed by atoms with Crippen LogP contribution in [0.15, 0.2) is 30.3 Å². The Bertz CT molecular complexity index is 731. The fraction of sp³-hybridized carbons (Fsp3) is 0.526. The molecule has 3 rings (SSSR count). The predicted octanol–water partition coefficient (Wildman–Crippen LogP) is 1.05. The van der Waals surface area contributed by atoms with Gasteiger partial charge in [0.1, 0.15) is 12.6 Å². The van der Waals surface area contributed by atoms with Crippen LogP contribution in [0.3, 0.4) is 0 Å². The highest BCUT2D eigenvalue weighted by Crippen LogP contribution is 2.27. The summed E-state index contributed by atoms with van der Waals surface area (Å²) in [4.78, 5) is 37.6. The molecule has 4 atom stereocenters. The monoisotopic (exact) mass is 406 g/mol. The molecule has 0 radical (unpaired) electrons. The molecule has 3 amide bonds. The van der Waals surface area contributed by atoms with Crippen LogP contribution in [-0.2, 0) is 16.1 Å². The number of carbonyl (C=O) groups excluding carboxylic acids is 2. The van der Waals surface area contributed by atoms with Gasteiger partial charge in [0.05, 0.1) is 12.1 Å². The number of hydrogen-bond donors (Lipinski definition) is 5. The number of rotatable bonds is 6. The molecule has 1 saturated heterocycles. The standard InChI is InChI=1S/C19H26N4O6/c24-17-14(21-19(27)29-11-12-4-2-1-3-5-12)8-9-23(17)16-7-6-13(22-28)10-15(16)20-18(25)26/h1-5,13-16,20,22,28H,6-11H2,(H,21,27)(H,25,26)/t13-,14+,15-,16+/m1/s1. The molecular weight excluding hydrogens is 380 g/mol. The van der Waals surface area contributed by atoms with Gasteiger partial charge in [0, 0.05) is 12.6 Å². The normalized spacial score (nSPS) is 26.8. The number of nitrogens with one attached hydrogen (secondary N) is 3. The minimum absolute atomic E-state index is 0.111. The van der Waals surface area contributed by atoms with E-state index in [1.54, 1.807) is 4.90 Å². The Hall–Kier alpha value is -2.85. The molecule has 29 heavy (non-hydrogen) atoms. The molecule has 2 aliphatic rings. The molecule has 158 valence electrons. The van der Waals surface area contributed by atoms with Crippen molar-refractivity contribution in [2.45, 2.75) is 56.5 Å². The molecular formula is C19H26N4O6. The van der Waals surface area contributed by atoms with Crippen molar-refractivity contribution in [3.63, 3.8) is 0 Å². The summed E-state index contributed by atoms with van der Waals surface area (Å²) in [7, 11) is 0. The highest BCUT2D eigenvalue weighted by molar-refractivity contribution is 5.87. The Morgan fingerprint density at radius 2 is 1.90 bits per heavy atom. The molecule has 0 bridgehead atoms. The van der Waals surface area contributed by atoms with E-state index in [2.05, 4.69) is 16.1 Å². The molecule has 1 aromatic rings. The Kier molecular flexibility index (Phi) is 6.89. The molecule has 0 aromatic heterocycles. The maximum Gasteiger partial charge on any atom is 0.408 e. The van der Waals surface area contributed by atoms with Crippen LogP contribution < -0.4 is 16.1 Å². The quantitative estimate of drug-likeness (QED) is 0.445. The maximum absolute atomic E-state index is 12.8. The molecule has 5 N–H and O–H groups in total. The average molecular weight is 406 g/mol. The molecule has 1 heterocycles. The van der Waals surface area contributed by atoms with Gasteiger partial charge in [-0.15, -0.1) is 0 Å². The number of hydroxylamine groups is 1. The van der Waals surface area contributed by atoms with E-state index in [1.165, 1.54) is 0 Å². The number of ether oxygens (including phenoxy) is 1. The number of carbonyl (C=O) groups is 3. The largest absolute Gasteiger partial charge is 0.465 e. The zero-order chi connectivity index (χ0) is 20.8. The molecule has 1 aliphatic heterocycles. The third kappa shape index (κ3) is 5.36. The molecule has 10 heteroatoms. The van der Waals surface area contributed by atoms with Crippen molar-refractivity contribution in [1.82, 2.24) is 21.0 Å². The lowest BCUT2D eigenvalue weighted by atomic mass is 9.86. The van der Waals surface area contributed by atoms with Gasteiger partial charge in [0.25, 0.3) is 0 Å². The van der Waals surface area contributed by atoms with Crippen LogP contribution in [0, 0.1) is 0 Å². The number of nitrogens with zero attached hydrogens (tertiary/aromatic N) is 1. The second-order valence-corrected chi connectivity index (χ2v) is 7.34. The van der Waals surface area contributed by atoms with Crippen molar-refractivity contribution >= 4 is 18.1 Å². The van der Waals surface area contributed by atoms with Crippen LogP contribution in [0.1, 0.15) is 31.2 Å². The number of alkyl carbamates (subject to hydrolysis) is 1. The summed E-state index contributed by atoms with van der Waals surface area (Å²) in [5.74, 6) is -0.251. The smallest absolute Gasteiger partial charge is 0.408 e. The molecule has 1 aromatic carbocycles. The fourth-order valence-corrected chi connectivity index (χ4v) is 4.03. The Labute approximate surface area is 168 Å². The molecule has 10 nitrogen and oxygen atoms in total. The lowest BCUT2D eigenvalue weighted by molar-refractivity contribution is -0.132. The summed E-state index contributed by atoms with van der Waals surface area (Å²) in [6.45, 7) is 0.530. The zero-order valence-electron chi connectivity index (χ0n) is 15.9. The van der Waals surface area contributed by atoms with E-state index in [9.17, 15) is 14.4 Å². The molecule has 1 saturated carbocycles. The first-order chi connectivity index (χ1) is 14.0. The SMILES string of the molecule is O=C(O)N[C@@H]1C[C@H](NO)CC[C@@H]1N1CC[C@H](NC(=O)OCc2ccccc2)C1=O. The first-order valence-corrected chi connectivity index (χ1v) is 9.64. The maximum atomic E-state index is 12.8. The van der Waals surface area contributed by atoms with Gasteiger partial charge in [-0.1, -0.05) is 30.3 Å². The lowest BCUT2D eigenvalue weighted by Gasteiger charge is -2.40. The van der Waals surface area contributed by atoms with E-state index >= 15 is 0 Å². The number of likely N-dealkylation sites (tertiary alicyclic amines) is 1. The van der Waals surface area contributed by atoms with E-state index in [0.717, 1.165) is 5.56 Å². The Morgan fingerprint density at radius 3 is 2.59 bits per heavy atom. The van der Waals surface area contributed by atoms with Crippen LogP contribution in [0.2, 0.25) is 0 Å². The third-order valence-electron chi connectivity index (χ3n) is 5.45. The number of amides is 3. The summed E-state index contributed by atoms with van der Waals surface area (Å²) in [6.07, 6.45) is 0.109. The van der Waals surface area contributed by atoms with Gasteiger partial charge in [-0.05, 0) is 31.2 Å². The van der Waals surface area contributed by atoms with Crippen LogP contribution in [0.4, 0.5) is 9.59 Å². The van der Waals surface area contributed by atoms with E-state index in [0.29, 0.717) is 32.2 Å². The fourth-order valence-electron chi connectivity index (χ4n) is 4.03. The second kappa shape index (κ2) is 9.57. The molecule has 0 unspecified atom stereocenters. The van der Waals surface area contributed by atoms with Gasteiger partial charge < -0.3 is 30.6 Å². The Balaban J connectivity index is 1.55. The van der Waals surface area contributed by atoms with Crippen molar-refractivity contribution in [3.05, 3.63) is 35.9 Å². The van der Waals surface area contributed by atoms with Crippen LogP contribution >= 0.6 is 0 Å². The summed E-state index contributed by atoms with van der Waals surface area (Å²) in [5.41, 5.74) is 3.03. The van der Waals surface area contributed by atoms with Gasteiger partial charge in [-0.25, -0.2) is 15.1 Å². The zero-order valence-corrected chi connectivity index (χ0v) is 15.9. The summed E-state index contributed by atoms with van der Waals surface area (Å²) in [6, 6.07) is 7.47.